The molecule has 0 aliphatic heterocycles. The van der Waals surface area contributed by atoms with Gasteiger partial charge in [0.1, 0.15) is 5.82 Å². The Balaban J connectivity index is 1.82. The maximum absolute atomic E-state index is 13.8. The first kappa shape index (κ1) is 18.2. The van der Waals surface area contributed by atoms with Crippen LogP contribution in [0.5, 0.6) is 11.5 Å². The fourth-order valence-corrected chi connectivity index (χ4v) is 3.18. The number of rotatable bonds is 5. The molecule has 0 fully saturated rings. The molecule has 0 radical (unpaired) electrons. The Morgan fingerprint density at radius 1 is 1.15 bits per heavy atom. The normalized spacial score (nSPS) is 10.5. The lowest BCUT2D eigenvalue weighted by atomic mass is 10.1. The molecular weight excluding hydrogens is 379 g/mol. The average Bonchev–Trinajstić information content (AvgIpc) is 3.11. The second-order valence-electron chi connectivity index (χ2n) is 5.19. The summed E-state index contributed by atoms with van der Waals surface area (Å²) in [6.07, 6.45) is 0. The van der Waals surface area contributed by atoms with Crippen LogP contribution in [0.3, 0.4) is 0 Å². The molecule has 26 heavy (non-hydrogen) atoms. The predicted octanol–water partition coefficient (Wildman–Crippen LogP) is 4.87. The Bertz CT molecular complexity index is 961. The SMILES string of the molecule is COc1ccc(-c2csc(NC(=O)c3cc(Cl)ccc3F)n2)cc1OC. The number of halogens is 2. The molecule has 1 heterocycles. The van der Waals surface area contributed by atoms with E-state index in [0.717, 1.165) is 11.6 Å². The summed E-state index contributed by atoms with van der Waals surface area (Å²) in [5.74, 6) is -0.0807. The van der Waals surface area contributed by atoms with Crippen molar-refractivity contribution in [2.24, 2.45) is 0 Å². The van der Waals surface area contributed by atoms with Crippen molar-refractivity contribution in [1.29, 1.82) is 0 Å². The number of nitrogens with zero attached hydrogens (tertiary/aromatic N) is 1. The molecule has 5 nitrogen and oxygen atoms in total. The zero-order valence-electron chi connectivity index (χ0n) is 13.9. The summed E-state index contributed by atoms with van der Waals surface area (Å²) in [4.78, 5) is 16.6. The lowest BCUT2D eigenvalue weighted by Gasteiger charge is -2.08. The van der Waals surface area contributed by atoms with Crippen LogP contribution in [0.25, 0.3) is 11.3 Å². The van der Waals surface area contributed by atoms with Crippen LogP contribution in [-0.2, 0) is 0 Å². The molecular formula is C18H14ClFN2O3S. The third-order valence-electron chi connectivity index (χ3n) is 3.58. The molecule has 0 atom stereocenters. The first-order chi connectivity index (χ1) is 12.5. The van der Waals surface area contributed by atoms with Gasteiger partial charge in [0.2, 0.25) is 0 Å². The van der Waals surface area contributed by atoms with E-state index in [2.05, 4.69) is 10.3 Å². The van der Waals surface area contributed by atoms with Crippen LogP contribution in [0, 0.1) is 5.82 Å². The highest BCUT2D eigenvalue weighted by Crippen LogP contribution is 2.33. The molecule has 0 aliphatic carbocycles. The van der Waals surface area contributed by atoms with Gasteiger partial charge in [-0.05, 0) is 36.4 Å². The Morgan fingerprint density at radius 3 is 2.65 bits per heavy atom. The van der Waals surface area contributed by atoms with Gasteiger partial charge in [-0.2, -0.15) is 0 Å². The molecule has 0 unspecified atom stereocenters. The molecule has 0 saturated carbocycles. The van der Waals surface area contributed by atoms with Gasteiger partial charge in [-0.1, -0.05) is 11.6 Å². The van der Waals surface area contributed by atoms with Gasteiger partial charge in [0.15, 0.2) is 16.6 Å². The van der Waals surface area contributed by atoms with E-state index >= 15 is 0 Å². The van der Waals surface area contributed by atoms with Gasteiger partial charge in [0.05, 0.1) is 25.5 Å². The van der Waals surface area contributed by atoms with Crippen molar-refractivity contribution in [1.82, 2.24) is 4.98 Å². The summed E-state index contributed by atoms with van der Waals surface area (Å²) in [6, 6.07) is 9.19. The topological polar surface area (TPSA) is 60.5 Å². The fraction of sp³-hybridized carbons (Fsp3) is 0.111. The molecule has 8 heteroatoms. The zero-order valence-corrected chi connectivity index (χ0v) is 15.5. The lowest BCUT2D eigenvalue weighted by molar-refractivity contribution is 0.102. The second kappa shape index (κ2) is 7.72. The number of nitrogens with one attached hydrogen (secondary N) is 1. The van der Waals surface area contributed by atoms with Crippen molar-refractivity contribution in [3.8, 4) is 22.8 Å². The van der Waals surface area contributed by atoms with Crippen LogP contribution >= 0.6 is 22.9 Å². The van der Waals surface area contributed by atoms with Crippen LogP contribution in [-0.4, -0.2) is 25.1 Å². The van der Waals surface area contributed by atoms with E-state index in [0.29, 0.717) is 22.3 Å². The smallest absolute Gasteiger partial charge is 0.260 e. The third-order valence-corrected chi connectivity index (χ3v) is 4.57. The Labute approximate surface area is 158 Å². The highest BCUT2D eigenvalue weighted by atomic mass is 35.5. The standard InChI is InChI=1S/C18H14ClFN2O3S/c1-24-15-6-3-10(7-16(15)25-2)14-9-26-18(21-14)22-17(23)12-8-11(19)4-5-13(12)20/h3-9H,1-2H3,(H,21,22,23). The molecule has 1 amide bonds. The minimum atomic E-state index is -0.649. The van der Waals surface area contributed by atoms with Crippen molar-refractivity contribution in [3.05, 3.63) is 58.2 Å². The molecule has 2 aromatic carbocycles. The first-order valence-corrected chi connectivity index (χ1v) is 8.72. The molecule has 3 rings (SSSR count). The van der Waals surface area contributed by atoms with Crippen LogP contribution in [0.15, 0.2) is 41.8 Å². The Hall–Kier alpha value is -2.64. The molecule has 1 N–H and O–H groups in total. The third kappa shape index (κ3) is 3.79. The lowest BCUT2D eigenvalue weighted by Crippen LogP contribution is -2.13. The maximum atomic E-state index is 13.8. The van der Waals surface area contributed by atoms with Gasteiger partial charge in [-0.3, -0.25) is 10.1 Å². The second-order valence-corrected chi connectivity index (χ2v) is 6.48. The van der Waals surface area contributed by atoms with E-state index in [9.17, 15) is 9.18 Å². The molecule has 1 aromatic heterocycles. The van der Waals surface area contributed by atoms with E-state index in [4.69, 9.17) is 21.1 Å². The number of benzene rings is 2. The number of thiazole rings is 1. The minimum absolute atomic E-state index is 0.139. The minimum Gasteiger partial charge on any atom is -0.493 e. The molecule has 134 valence electrons. The fourth-order valence-electron chi connectivity index (χ4n) is 2.30. The van der Waals surface area contributed by atoms with Gasteiger partial charge in [-0.25, -0.2) is 9.37 Å². The van der Waals surface area contributed by atoms with Crippen molar-refractivity contribution in [3.63, 3.8) is 0 Å². The Kier molecular flexibility index (Phi) is 5.39. The van der Waals surface area contributed by atoms with Gasteiger partial charge in [0, 0.05) is 16.0 Å². The van der Waals surface area contributed by atoms with E-state index < -0.39 is 11.7 Å². The van der Waals surface area contributed by atoms with E-state index in [-0.39, 0.29) is 10.6 Å². The highest BCUT2D eigenvalue weighted by Gasteiger charge is 2.15. The number of hydrogen-bond acceptors (Lipinski definition) is 5. The average molecular weight is 393 g/mol. The van der Waals surface area contributed by atoms with E-state index in [1.165, 1.54) is 23.5 Å². The summed E-state index contributed by atoms with van der Waals surface area (Å²) in [5, 5.41) is 4.99. The van der Waals surface area contributed by atoms with Crippen molar-refractivity contribution in [2.75, 3.05) is 19.5 Å². The van der Waals surface area contributed by atoms with Crippen LogP contribution in [0.4, 0.5) is 9.52 Å². The predicted molar refractivity (Wildman–Crippen MR) is 100 cm³/mol. The number of carbonyl (C=O) groups excluding carboxylic acids is 1. The molecule has 0 saturated heterocycles. The number of ether oxygens (including phenoxy) is 2. The number of aromatic nitrogens is 1. The molecule has 3 aromatic rings. The summed E-state index contributed by atoms with van der Waals surface area (Å²) >= 11 is 7.05. The molecule has 0 spiro atoms. The van der Waals surface area contributed by atoms with E-state index in [1.54, 1.807) is 31.7 Å². The first-order valence-electron chi connectivity index (χ1n) is 7.46. The summed E-state index contributed by atoms with van der Waals surface area (Å²) in [5.41, 5.74) is 1.31. The van der Waals surface area contributed by atoms with Crippen molar-refractivity contribution < 1.29 is 18.7 Å². The van der Waals surface area contributed by atoms with Gasteiger partial charge < -0.3 is 9.47 Å². The summed E-state index contributed by atoms with van der Waals surface area (Å²) in [6.45, 7) is 0. The zero-order chi connectivity index (χ0) is 18.7. The number of carbonyl (C=O) groups is 1. The Morgan fingerprint density at radius 2 is 1.92 bits per heavy atom. The monoisotopic (exact) mass is 392 g/mol. The highest BCUT2D eigenvalue weighted by molar-refractivity contribution is 7.14. The van der Waals surface area contributed by atoms with Crippen molar-refractivity contribution in [2.45, 2.75) is 0 Å². The molecule has 0 bridgehead atoms. The van der Waals surface area contributed by atoms with Gasteiger partial charge >= 0.3 is 0 Å². The largest absolute Gasteiger partial charge is 0.493 e. The maximum Gasteiger partial charge on any atom is 0.260 e. The van der Waals surface area contributed by atoms with E-state index in [1.807, 2.05) is 6.07 Å². The summed E-state index contributed by atoms with van der Waals surface area (Å²) in [7, 11) is 3.11. The number of amides is 1. The van der Waals surface area contributed by atoms with Crippen LogP contribution in [0.1, 0.15) is 10.4 Å². The number of methoxy groups -OCH3 is 2. The van der Waals surface area contributed by atoms with Gasteiger partial charge in [0.25, 0.3) is 5.91 Å². The summed E-state index contributed by atoms with van der Waals surface area (Å²) < 4.78 is 24.3. The molecule has 0 aliphatic rings. The van der Waals surface area contributed by atoms with Crippen LogP contribution in [0.2, 0.25) is 5.02 Å². The quantitative estimate of drug-likeness (QED) is 0.672. The van der Waals surface area contributed by atoms with Gasteiger partial charge in [-0.15, -0.1) is 11.3 Å². The number of anilines is 1. The van der Waals surface area contributed by atoms with Crippen LogP contribution < -0.4 is 14.8 Å². The van der Waals surface area contributed by atoms with Crippen molar-refractivity contribution >= 4 is 34.0 Å². The number of hydrogen-bond donors (Lipinski definition) is 1.